The topological polar surface area (TPSA) is 88.9 Å². The van der Waals surface area contributed by atoms with Crippen molar-refractivity contribution in [3.8, 4) is 17.4 Å². The van der Waals surface area contributed by atoms with Gasteiger partial charge in [0.15, 0.2) is 0 Å². The molecular weight excluding hydrogens is 623 g/mol. The van der Waals surface area contributed by atoms with Crippen molar-refractivity contribution in [1.82, 2.24) is 19.4 Å². The number of halogens is 3. The maximum Gasteiger partial charge on any atom is 0.416 e. The third kappa shape index (κ3) is 7.13. The van der Waals surface area contributed by atoms with Crippen molar-refractivity contribution in [3.63, 3.8) is 0 Å². The van der Waals surface area contributed by atoms with Crippen LogP contribution >= 0.6 is 0 Å². The highest BCUT2D eigenvalue weighted by Gasteiger charge is 2.31. The maximum absolute atomic E-state index is 13.5. The lowest BCUT2D eigenvalue weighted by Crippen LogP contribution is -2.48. The monoisotopic (exact) mass is 657 g/mol. The second-order valence-corrected chi connectivity index (χ2v) is 11.7. The molecule has 5 aromatic rings. The van der Waals surface area contributed by atoms with E-state index in [9.17, 15) is 22.8 Å². The quantitative estimate of drug-likeness (QED) is 0.195. The van der Waals surface area contributed by atoms with Gasteiger partial charge >= 0.3 is 6.18 Å². The minimum Gasteiger partial charge on any atom is -0.497 e. The lowest BCUT2D eigenvalue weighted by Gasteiger charge is -2.34. The number of ether oxygens (including phenoxy) is 2. The Morgan fingerprint density at radius 1 is 0.896 bits per heavy atom. The first-order chi connectivity index (χ1) is 23.0. The zero-order valence-corrected chi connectivity index (χ0v) is 26.7. The summed E-state index contributed by atoms with van der Waals surface area (Å²) in [6.07, 6.45) is -3.08. The third-order valence-electron chi connectivity index (χ3n) is 8.47. The van der Waals surface area contributed by atoms with E-state index in [1.807, 2.05) is 46.8 Å². The number of aromatic nitrogens is 2. The molecule has 1 aliphatic heterocycles. The molecule has 48 heavy (non-hydrogen) atoms. The molecule has 6 rings (SSSR count). The summed E-state index contributed by atoms with van der Waals surface area (Å²) >= 11 is 0. The van der Waals surface area contributed by atoms with Crippen LogP contribution in [0.25, 0.3) is 10.9 Å². The number of hydrogen-bond donors (Lipinski definition) is 1. The highest BCUT2D eigenvalue weighted by atomic mass is 19.4. The fourth-order valence-electron chi connectivity index (χ4n) is 5.79. The number of anilines is 1. The molecule has 2 amide bonds. The van der Waals surface area contributed by atoms with Crippen LogP contribution in [0.1, 0.15) is 37.5 Å². The number of carbonyl (C=O) groups excluding carboxylic acids is 2. The molecule has 1 N–H and O–H groups in total. The normalized spacial score (nSPS) is 13.8. The summed E-state index contributed by atoms with van der Waals surface area (Å²) in [6, 6.07) is 21.6. The van der Waals surface area contributed by atoms with Gasteiger partial charge in [-0.3, -0.25) is 14.5 Å². The van der Waals surface area contributed by atoms with E-state index in [1.54, 1.807) is 25.3 Å². The molecule has 3 heterocycles. The molecule has 0 atom stereocenters. The number of nitrogens with one attached hydrogen (secondary N) is 1. The first-order valence-electron chi connectivity index (χ1n) is 15.4. The molecule has 0 spiro atoms. The number of methoxy groups -OCH3 is 1. The van der Waals surface area contributed by atoms with Gasteiger partial charge in [0.05, 0.1) is 24.6 Å². The van der Waals surface area contributed by atoms with E-state index in [2.05, 4.69) is 27.3 Å². The summed E-state index contributed by atoms with van der Waals surface area (Å²) in [5.74, 6) is 1.05. The van der Waals surface area contributed by atoms with Crippen molar-refractivity contribution in [3.05, 3.63) is 113 Å². The van der Waals surface area contributed by atoms with Crippen LogP contribution in [-0.2, 0) is 19.8 Å². The van der Waals surface area contributed by atoms with Crippen molar-refractivity contribution in [2.45, 2.75) is 19.6 Å². The number of amides is 2. The number of alkyl halides is 3. The van der Waals surface area contributed by atoms with Gasteiger partial charge in [-0.2, -0.15) is 13.2 Å². The van der Waals surface area contributed by atoms with Gasteiger partial charge in [0.2, 0.25) is 5.88 Å². The molecule has 0 saturated carbocycles. The minimum absolute atomic E-state index is 0.0222. The average molecular weight is 658 g/mol. The number of hydrogen-bond acceptors (Lipinski definition) is 6. The smallest absolute Gasteiger partial charge is 0.416 e. The van der Waals surface area contributed by atoms with Gasteiger partial charge in [-0.1, -0.05) is 12.1 Å². The molecule has 1 aliphatic rings. The van der Waals surface area contributed by atoms with E-state index in [4.69, 9.17) is 9.47 Å². The van der Waals surface area contributed by atoms with Gasteiger partial charge in [-0.25, -0.2) is 4.98 Å². The van der Waals surface area contributed by atoms with Crippen LogP contribution in [-0.4, -0.2) is 64.5 Å². The lowest BCUT2D eigenvalue weighted by molar-refractivity contribution is -0.137. The minimum atomic E-state index is -4.49. The molecular formula is C36H34F3N5O4. The average Bonchev–Trinajstić information content (AvgIpc) is 3.40. The van der Waals surface area contributed by atoms with Crippen molar-refractivity contribution in [2.24, 2.45) is 7.05 Å². The SMILES string of the molecule is COc1ccc(CN2CCN(C(=O)c3cc4cc(Oc5ccc(NC(=O)c6ccc(C(F)(F)F)cc6C)cn5)ccc4n3C)CC2)cc1. The fourth-order valence-corrected chi connectivity index (χ4v) is 5.79. The van der Waals surface area contributed by atoms with E-state index in [0.717, 1.165) is 54.5 Å². The van der Waals surface area contributed by atoms with Gasteiger partial charge < -0.3 is 24.3 Å². The maximum atomic E-state index is 13.5. The number of rotatable bonds is 8. The molecule has 0 unspecified atom stereocenters. The highest BCUT2D eigenvalue weighted by Crippen LogP contribution is 2.31. The van der Waals surface area contributed by atoms with E-state index in [0.29, 0.717) is 30.2 Å². The molecule has 3 aromatic carbocycles. The molecule has 1 saturated heterocycles. The van der Waals surface area contributed by atoms with Crippen molar-refractivity contribution in [2.75, 3.05) is 38.6 Å². The van der Waals surface area contributed by atoms with Crippen LogP contribution < -0.4 is 14.8 Å². The Balaban J connectivity index is 1.06. The largest absolute Gasteiger partial charge is 0.497 e. The van der Waals surface area contributed by atoms with E-state index >= 15 is 0 Å². The number of nitrogens with zero attached hydrogens (tertiary/aromatic N) is 4. The van der Waals surface area contributed by atoms with Crippen LogP contribution in [0.15, 0.2) is 85.1 Å². The van der Waals surface area contributed by atoms with E-state index in [1.165, 1.54) is 18.7 Å². The molecule has 0 bridgehead atoms. The second kappa shape index (κ2) is 13.4. The van der Waals surface area contributed by atoms with Crippen LogP contribution in [0.2, 0.25) is 0 Å². The number of carbonyl (C=O) groups is 2. The van der Waals surface area contributed by atoms with Crippen molar-refractivity contribution in [1.29, 1.82) is 0 Å². The van der Waals surface area contributed by atoms with Gasteiger partial charge in [-0.15, -0.1) is 0 Å². The zero-order chi connectivity index (χ0) is 34.0. The Labute approximate surface area is 275 Å². The standard InChI is InChI=1S/C36H34F3N5O4/c1-23-18-26(36(37,38)39)6-11-30(23)34(45)41-27-7-13-33(40-21-27)48-29-10-12-31-25(19-29)20-32(42(31)2)35(46)44-16-14-43(15-17-44)22-24-4-8-28(47-3)9-5-24/h4-13,18-21H,14-17,22H2,1-3H3,(H,41,45). The van der Waals surface area contributed by atoms with Crippen LogP contribution in [0.4, 0.5) is 18.9 Å². The van der Waals surface area contributed by atoms with Crippen molar-refractivity contribution < 1.29 is 32.2 Å². The molecule has 0 radical (unpaired) electrons. The number of pyridine rings is 1. The van der Waals surface area contributed by atoms with Gasteiger partial charge in [0, 0.05) is 62.3 Å². The van der Waals surface area contributed by atoms with Gasteiger partial charge in [0.1, 0.15) is 17.2 Å². The molecule has 12 heteroatoms. The predicted molar refractivity (Wildman–Crippen MR) is 176 cm³/mol. The Hall–Kier alpha value is -5.36. The van der Waals surface area contributed by atoms with Crippen LogP contribution in [0, 0.1) is 6.92 Å². The summed E-state index contributed by atoms with van der Waals surface area (Å²) in [5.41, 5.74) is 2.55. The lowest BCUT2D eigenvalue weighted by atomic mass is 10.0. The highest BCUT2D eigenvalue weighted by molar-refractivity contribution is 6.05. The van der Waals surface area contributed by atoms with E-state index in [-0.39, 0.29) is 22.9 Å². The summed E-state index contributed by atoms with van der Waals surface area (Å²) in [4.78, 5) is 34.7. The summed E-state index contributed by atoms with van der Waals surface area (Å²) < 4.78 is 52.0. The number of fused-ring (bicyclic) bond motifs is 1. The number of aryl methyl sites for hydroxylation is 2. The Morgan fingerprint density at radius 2 is 1.62 bits per heavy atom. The Bertz CT molecular complexity index is 1950. The first-order valence-corrected chi connectivity index (χ1v) is 15.4. The summed E-state index contributed by atoms with van der Waals surface area (Å²) in [5, 5.41) is 3.49. The molecule has 0 aliphatic carbocycles. The molecule has 2 aromatic heterocycles. The first kappa shape index (κ1) is 32.6. The number of benzene rings is 3. The molecule has 1 fully saturated rings. The van der Waals surface area contributed by atoms with Gasteiger partial charge in [-0.05, 0) is 78.7 Å². The van der Waals surface area contributed by atoms with Crippen molar-refractivity contribution >= 4 is 28.4 Å². The summed E-state index contributed by atoms with van der Waals surface area (Å²) in [7, 11) is 3.52. The molecule has 9 nitrogen and oxygen atoms in total. The molecule has 248 valence electrons. The third-order valence-corrected chi connectivity index (χ3v) is 8.47. The summed E-state index contributed by atoms with van der Waals surface area (Å²) in [6.45, 7) is 5.10. The second-order valence-electron chi connectivity index (χ2n) is 11.7. The van der Waals surface area contributed by atoms with Gasteiger partial charge in [0.25, 0.3) is 11.8 Å². The Kier molecular flexibility index (Phi) is 9.09. The van der Waals surface area contributed by atoms with Crippen LogP contribution in [0.3, 0.4) is 0 Å². The van der Waals surface area contributed by atoms with E-state index < -0.39 is 17.6 Å². The predicted octanol–water partition coefficient (Wildman–Crippen LogP) is 6.91. The number of piperazine rings is 1. The zero-order valence-electron chi connectivity index (χ0n) is 26.7. The van der Waals surface area contributed by atoms with Crippen LogP contribution in [0.5, 0.6) is 17.4 Å². The Morgan fingerprint density at radius 3 is 2.27 bits per heavy atom. The fraction of sp³-hybridized carbons (Fsp3) is 0.250.